The average Bonchev–Trinajstić information content (AvgIpc) is 2.34. The Morgan fingerprint density at radius 1 is 1.36 bits per heavy atom. The van der Waals surface area contributed by atoms with E-state index in [1.807, 2.05) is 0 Å². The van der Waals surface area contributed by atoms with E-state index in [1.165, 1.54) is 32.4 Å². The van der Waals surface area contributed by atoms with E-state index in [2.05, 4.69) is 11.9 Å². The van der Waals surface area contributed by atoms with E-state index in [9.17, 15) is 0 Å². The van der Waals surface area contributed by atoms with Gasteiger partial charge in [0.05, 0.1) is 0 Å². The van der Waals surface area contributed by atoms with Crippen LogP contribution in [-0.4, -0.2) is 25.0 Å². The van der Waals surface area contributed by atoms with Crippen molar-refractivity contribution in [3.05, 3.63) is 0 Å². The Kier molecular flexibility index (Phi) is 2.31. The summed E-state index contributed by atoms with van der Waals surface area (Å²) in [4.78, 5) is 2.52. The molecule has 2 heterocycles. The number of likely N-dealkylation sites (tertiary alicyclic amines) is 1. The Bertz CT molecular complexity index is 135. The van der Waals surface area contributed by atoms with Gasteiger partial charge in [-0.05, 0) is 0 Å². The molecule has 2 aliphatic rings. The fourth-order valence-electron chi connectivity index (χ4n) is 2.45. The number of hydrogen-bond donors (Lipinski definition) is 0. The second-order valence-corrected chi connectivity index (χ2v) is 6.09. The predicted molar refractivity (Wildman–Crippen MR) is 43.4 cm³/mol. The van der Waals surface area contributed by atoms with Crippen molar-refractivity contribution in [3.8, 4) is 0 Å². The fraction of sp³-hybridized carbons (Fsp3) is 1.00. The van der Waals surface area contributed by atoms with E-state index < -0.39 is 0 Å². The molecule has 63 valence electrons. The summed E-state index contributed by atoms with van der Waals surface area (Å²) in [5.41, 5.74) is 0.812. The molecule has 2 rings (SSSR count). The van der Waals surface area contributed by atoms with Gasteiger partial charge in [-0.3, -0.25) is 0 Å². The van der Waals surface area contributed by atoms with Crippen LogP contribution in [0.1, 0.15) is 19.3 Å². The summed E-state index contributed by atoms with van der Waals surface area (Å²) in [5.74, 6) is 0. The van der Waals surface area contributed by atoms with Gasteiger partial charge in [0.1, 0.15) is 0 Å². The van der Waals surface area contributed by atoms with Gasteiger partial charge in [0, 0.05) is 0 Å². The maximum absolute atomic E-state index is 2.52. The molecule has 1 unspecified atom stereocenters. The second-order valence-electron chi connectivity index (χ2n) is 4.20. The van der Waals surface area contributed by atoms with Crippen molar-refractivity contribution >= 4 is 0 Å². The van der Waals surface area contributed by atoms with Crippen LogP contribution < -0.4 is 0 Å². The summed E-state index contributed by atoms with van der Waals surface area (Å²) < 4.78 is 0. The molecule has 0 amide bonds. The van der Waals surface area contributed by atoms with Crippen LogP contribution in [0.5, 0.6) is 0 Å². The van der Waals surface area contributed by atoms with Crippen LogP contribution in [0.2, 0.25) is 10.3 Å². The summed E-state index contributed by atoms with van der Waals surface area (Å²) in [6.07, 6.45) is 4.57. The molecule has 0 aromatic heterocycles. The summed E-state index contributed by atoms with van der Waals surface area (Å²) in [5, 5.41) is 3.19. The van der Waals surface area contributed by atoms with Crippen molar-refractivity contribution in [3.63, 3.8) is 0 Å². The standard InChI is InChI=1S/C9H17N.V/c1-4-5-9(2)6-7-10(3)8-9;/h1-2,4-8H2,3H3;. The number of nitrogens with zero attached hydrogens (tertiary/aromatic N) is 1. The molecule has 11 heavy (non-hydrogen) atoms. The molecule has 1 nitrogen and oxygen atoms in total. The average molecular weight is 190 g/mol. The van der Waals surface area contributed by atoms with Gasteiger partial charge in [-0.1, -0.05) is 0 Å². The van der Waals surface area contributed by atoms with Gasteiger partial charge in [-0.15, -0.1) is 0 Å². The molecule has 0 bridgehead atoms. The van der Waals surface area contributed by atoms with Crippen LogP contribution in [0.3, 0.4) is 0 Å². The molecule has 1 atom stereocenters. The first-order valence-corrected chi connectivity index (χ1v) is 6.60. The monoisotopic (exact) mass is 190 g/mol. The Hall–Kier alpha value is 0.544. The summed E-state index contributed by atoms with van der Waals surface area (Å²) in [7, 11) is 2.28. The molecule has 0 aromatic rings. The minimum absolute atomic E-state index is 0.737. The SMILES string of the molecule is CN1CCC2(CC[CH2][V][CH2]2)C1. The molecule has 0 radical (unpaired) electrons. The Balaban J connectivity index is 1.98. The van der Waals surface area contributed by atoms with Crippen molar-refractivity contribution in [2.24, 2.45) is 5.41 Å². The van der Waals surface area contributed by atoms with Crippen LogP contribution in [-0.2, 0) is 16.3 Å². The zero-order valence-corrected chi connectivity index (χ0v) is 8.74. The zero-order valence-electron chi connectivity index (χ0n) is 7.34. The van der Waals surface area contributed by atoms with E-state index in [0.29, 0.717) is 0 Å². The molecule has 2 fully saturated rings. The minimum atomic E-state index is 0.737. The van der Waals surface area contributed by atoms with Crippen LogP contribution in [0.25, 0.3) is 0 Å². The zero-order chi connectivity index (χ0) is 7.73. The molecule has 2 saturated heterocycles. The molecule has 0 N–H and O–H groups in total. The van der Waals surface area contributed by atoms with Crippen LogP contribution in [0.4, 0.5) is 0 Å². The topological polar surface area (TPSA) is 3.24 Å². The second kappa shape index (κ2) is 3.12. The molecule has 0 saturated carbocycles. The van der Waals surface area contributed by atoms with E-state index in [-0.39, 0.29) is 0 Å². The van der Waals surface area contributed by atoms with Gasteiger partial charge < -0.3 is 0 Å². The Morgan fingerprint density at radius 3 is 2.82 bits per heavy atom. The maximum atomic E-state index is 2.52. The normalized spacial score (nSPS) is 39.4. The van der Waals surface area contributed by atoms with Gasteiger partial charge in [-0.2, -0.15) is 0 Å². The molecule has 2 aliphatic heterocycles. The Labute approximate surface area is 76.6 Å². The first-order valence-electron chi connectivity index (χ1n) is 4.63. The van der Waals surface area contributed by atoms with Crippen molar-refractivity contribution in [2.75, 3.05) is 20.1 Å². The van der Waals surface area contributed by atoms with Crippen LogP contribution in [0, 0.1) is 5.41 Å². The van der Waals surface area contributed by atoms with E-state index >= 15 is 0 Å². The van der Waals surface area contributed by atoms with E-state index in [0.717, 1.165) is 21.7 Å². The number of hydrogen-bond acceptors (Lipinski definition) is 1. The first kappa shape index (κ1) is 8.16. The van der Waals surface area contributed by atoms with Gasteiger partial charge in [0.2, 0.25) is 0 Å². The molecule has 0 aliphatic carbocycles. The van der Waals surface area contributed by atoms with Crippen LogP contribution in [0.15, 0.2) is 0 Å². The van der Waals surface area contributed by atoms with Crippen LogP contribution >= 0.6 is 0 Å². The summed E-state index contributed by atoms with van der Waals surface area (Å²) in [6.45, 7) is 2.77. The van der Waals surface area contributed by atoms with Crippen molar-refractivity contribution in [2.45, 2.75) is 29.5 Å². The third kappa shape index (κ3) is 1.66. The van der Waals surface area contributed by atoms with Gasteiger partial charge in [0.25, 0.3) is 0 Å². The third-order valence-corrected chi connectivity index (χ3v) is 5.48. The van der Waals surface area contributed by atoms with Crippen molar-refractivity contribution in [1.82, 2.24) is 4.90 Å². The molecular formula is C9H17NV. The quantitative estimate of drug-likeness (QED) is 0.565. The van der Waals surface area contributed by atoms with Gasteiger partial charge in [-0.25, -0.2) is 0 Å². The Morgan fingerprint density at radius 2 is 2.27 bits per heavy atom. The molecular weight excluding hydrogens is 173 g/mol. The van der Waals surface area contributed by atoms with Gasteiger partial charge in [0.15, 0.2) is 0 Å². The first-order chi connectivity index (χ1) is 5.31. The van der Waals surface area contributed by atoms with Crippen molar-refractivity contribution in [1.29, 1.82) is 0 Å². The van der Waals surface area contributed by atoms with Gasteiger partial charge >= 0.3 is 76.3 Å². The predicted octanol–water partition coefficient (Wildman–Crippen LogP) is 2.02. The fourth-order valence-corrected chi connectivity index (χ4v) is 4.69. The molecule has 0 aromatic carbocycles. The van der Waals surface area contributed by atoms with Crippen molar-refractivity contribution < 1.29 is 16.3 Å². The molecule has 2 heteroatoms. The van der Waals surface area contributed by atoms with E-state index in [4.69, 9.17) is 0 Å². The molecule has 1 spiro atoms. The van der Waals surface area contributed by atoms with E-state index in [1.54, 1.807) is 10.3 Å². The summed E-state index contributed by atoms with van der Waals surface area (Å²) in [6, 6.07) is 0. The third-order valence-electron chi connectivity index (χ3n) is 3.10. The summed E-state index contributed by atoms with van der Waals surface area (Å²) >= 11 is 0.737. The number of rotatable bonds is 0.